The molecule has 0 unspecified atom stereocenters. The van der Waals surface area contributed by atoms with Crippen LogP contribution in [0.5, 0.6) is 0 Å². The first kappa shape index (κ1) is 17.0. The number of hydrogen-bond acceptors (Lipinski definition) is 7. The normalized spacial score (nSPS) is 24.0. The zero-order valence-corrected chi connectivity index (χ0v) is 15.2. The Balaban J connectivity index is 1.86. The molecule has 2 aliphatic rings. The van der Waals surface area contributed by atoms with Crippen LogP contribution in [-0.2, 0) is 22.1 Å². The SMILES string of the molecule is C[C@H]1COCCN1c1nc(Cl)nc2c1nc(C1(O)CCOCC1)n2C. The fourth-order valence-corrected chi connectivity index (χ4v) is 3.77. The highest BCUT2D eigenvalue weighted by Gasteiger charge is 2.37. The van der Waals surface area contributed by atoms with Crippen molar-refractivity contribution in [1.82, 2.24) is 19.5 Å². The van der Waals surface area contributed by atoms with Crippen LogP contribution in [0, 0.1) is 0 Å². The number of hydrogen-bond donors (Lipinski definition) is 1. The van der Waals surface area contributed by atoms with Crippen molar-refractivity contribution in [2.45, 2.75) is 31.4 Å². The van der Waals surface area contributed by atoms with E-state index >= 15 is 0 Å². The topological polar surface area (TPSA) is 85.5 Å². The predicted molar refractivity (Wildman–Crippen MR) is 92.9 cm³/mol. The molecule has 0 saturated carbocycles. The maximum absolute atomic E-state index is 11.1. The molecule has 0 aliphatic carbocycles. The number of morpholine rings is 1. The predicted octanol–water partition coefficient (Wildman–Crippen LogP) is 1.24. The number of ether oxygens (including phenoxy) is 2. The van der Waals surface area contributed by atoms with E-state index in [2.05, 4.69) is 21.8 Å². The Labute approximate surface area is 150 Å². The highest BCUT2D eigenvalue weighted by atomic mass is 35.5. The second-order valence-corrected chi connectivity index (χ2v) is 7.08. The average molecular weight is 368 g/mol. The van der Waals surface area contributed by atoms with Crippen molar-refractivity contribution in [3.05, 3.63) is 11.1 Å². The van der Waals surface area contributed by atoms with Gasteiger partial charge in [0, 0.05) is 39.6 Å². The molecule has 0 aromatic carbocycles. The van der Waals surface area contributed by atoms with E-state index in [0.29, 0.717) is 68.6 Å². The van der Waals surface area contributed by atoms with Crippen LogP contribution in [0.3, 0.4) is 0 Å². The fraction of sp³-hybridized carbons (Fsp3) is 0.688. The Morgan fingerprint density at radius 1 is 1.16 bits per heavy atom. The monoisotopic (exact) mass is 367 g/mol. The van der Waals surface area contributed by atoms with Crippen LogP contribution in [0.15, 0.2) is 0 Å². The Hall–Kier alpha value is -1.48. The summed E-state index contributed by atoms with van der Waals surface area (Å²) in [5, 5.41) is 11.2. The molecule has 4 rings (SSSR count). The zero-order valence-electron chi connectivity index (χ0n) is 14.4. The largest absolute Gasteiger partial charge is 0.382 e. The third-order valence-electron chi connectivity index (χ3n) is 5.05. The molecule has 8 nitrogen and oxygen atoms in total. The molecule has 2 fully saturated rings. The highest BCUT2D eigenvalue weighted by Crippen LogP contribution is 2.35. The number of rotatable bonds is 2. The minimum atomic E-state index is -1.02. The first-order chi connectivity index (χ1) is 12.0. The molecule has 4 heterocycles. The van der Waals surface area contributed by atoms with E-state index in [1.807, 2.05) is 11.6 Å². The van der Waals surface area contributed by atoms with Gasteiger partial charge in [0.1, 0.15) is 11.4 Å². The van der Waals surface area contributed by atoms with Crippen molar-refractivity contribution >= 4 is 28.6 Å². The van der Waals surface area contributed by atoms with E-state index in [1.54, 1.807) is 0 Å². The molecule has 2 saturated heterocycles. The number of fused-ring (bicyclic) bond motifs is 1. The number of aliphatic hydroxyl groups is 1. The van der Waals surface area contributed by atoms with Crippen LogP contribution in [0.1, 0.15) is 25.6 Å². The number of imidazole rings is 1. The molecule has 1 N–H and O–H groups in total. The molecular weight excluding hydrogens is 346 g/mol. The molecule has 0 spiro atoms. The Morgan fingerprint density at radius 2 is 1.92 bits per heavy atom. The summed E-state index contributed by atoms with van der Waals surface area (Å²) in [5.74, 6) is 1.29. The summed E-state index contributed by atoms with van der Waals surface area (Å²) in [6.45, 7) is 5.09. The van der Waals surface area contributed by atoms with Gasteiger partial charge >= 0.3 is 0 Å². The summed E-state index contributed by atoms with van der Waals surface area (Å²) in [5.41, 5.74) is 0.271. The van der Waals surface area contributed by atoms with Gasteiger partial charge in [-0.1, -0.05) is 0 Å². The second-order valence-electron chi connectivity index (χ2n) is 6.74. The summed E-state index contributed by atoms with van der Waals surface area (Å²) >= 11 is 6.19. The van der Waals surface area contributed by atoms with Gasteiger partial charge in [0.05, 0.1) is 19.3 Å². The second kappa shape index (κ2) is 6.35. The summed E-state index contributed by atoms with van der Waals surface area (Å²) < 4.78 is 12.7. The van der Waals surface area contributed by atoms with Gasteiger partial charge in [0.25, 0.3) is 0 Å². The maximum atomic E-state index is 11.1. The van der Waals surface area contributed by atoms with Gasteiger partial charge in [-0.2, -0.15) is 9.97 Å². The molecule has 25 heavy (non-hydrogen) atoms. The number of halogens is 1. The van der Waals surface area contributed by atoms with E-state index in [1.165, 1.54) is 0 Å². The molecule has 0 bridgehead atoms. The minimum absolute atomic E-state index is 0.166. The Bertz CT molecular complexity index is 790. The van der Waals surface area contributed by atoms with Gasteiger partial charge in [0.2, 0.25) is 5.28 Å². The van der Waals surface area contributed by atoms with Crippen molar-refractivity contribution in [1.29, 1.82) is 0 Å². The summed E-state index contributed by atoms with van der Waals surface area (Å²) in [7, 11) is 1.86. The molecule has 1 atom stereocenters. The Morgan fingerprint density at radius 3 is 2.64 bits per heavy atom. The van der Waals surface area contributed by atoms with Gasteiger partial charge in [-0.3, -0.25) is 0 Å². The van der Waals surface area contributed by atoms with Gasteiger partial charge in [-0.25, -0.2) is 4.98 Å². The van der Waals surface area contributed by atoms with Crippen molar-refractivity contribution in [2.75, 3.05) is 37.9 Å². The zero-order chi connectivity index (χ0) is 17.6. The Kier molecular flexibility index (Phi) is 4.31. The van der Waals surface area contributed by atoms with Crippen LogP contribution in [0.4, 0.5) is 5.82 Å². The van der Waals surface area contributed by atoms with Crippen LogP contribution < -0.4 is 4.90 Å². The van der Waals surface area contributed by atoms with Crippen LogP contribution in [-0.4, -0.2) is 63.6 Å². The lowest BCUT2D eigenvalue weighted by Gasteiger charge is -2.34. The number of nitrogens with zero attached hydrogens (tertiary/aromatic N) is 5. The van der Waals surface area contributed by atoms with Crippen molar-refractivity contribution in [2.24, 2.45) is 7.05 Å². The quantitative estimate of drug-likeness (QED) is 0.799. The number of aromatic nitrogens is 4. The highest BCUT2D eigenvalue weighted by molar-refractivity contribution is 6.28. The first-order valence-electron chi connectivity index (χ1n) is 8.54. The molecule has 9 heteroatoms. The summed E-state index contributed by atoms with van der Waals surface area (Å²) in [6.07, 6.45) is 1.02. The molecule has 136 valence electrons. The van der Waals surface area contributed by atoms with E-state index in [-0.39, 0.29) is 11.3 Å². The third-order valence-corrected chi connectivity index (χ3v) is 5.22. The lowest BCUT2D eigenvalue weighted by Crippen LogP contribution is -2.44. The van der Waals surface area contributed by atoms with Crippen molar-refractivity contribution in [3.63, 3.8) is 0 Å². The minimum Gasteiger partial charge on any atom is -0.382 e. The van der Waals surface area contributed by atoms with Gasteiger partial charge in [0.15, 0.2) is 17.0 Å². The smallest absolute Gasteiger partial charge is 0.226 e. The lowest BCUT2D eigenvalue weighted by atomic mass is 9.93. The number of anilines is 1. The fourth-order valence-electron chi connectivity index (χ4n) is 3.61. The van der Waals surface area contributed by atoms with Crippen molar-refractivity contribution in [3.8, 4) is 0 Å². The van der Waals surface area contributed by atoms with E-state index in [4.69, 9.17) is 26.1 Å². The third kappa shape index (κ3) is 2.87. The lowest BCUT2D eigenvalue weighted by molar-refractivity contribution is -0.0745. The van der Waals surface area contributed by atoms with E-state index in [9.17, 15) is 5.11 Å². The van der Waals surface area contributed by atoms with Crippen LogP contribution in [0.25, 0.3) is 11.2 Å². The summed E-state index contributed by atoms with van der Waals surface area (Å²) in [4.78, 5) is 15.7. The molecule has 2 aromatic heterocycles. The number of aryl methyl sites for hydroxylation is 1. The van der Waals surface area contributed by atoms with Gasteiger partial charge in [-0.05, 0) is 18.5 Å². The molecule has 0 amide bonds. The molecule has 0 radical (unpaired) electrons. The van der Waals surface area contributed by atoms with E-state index < -0.39 is 5.60 Å². The van der Waals surface area contributed by atoms with Gasteiger partial charge in [-0.15, -0.1) is 0 Å². The molecular formula is C16H22ClN5O3. The van der Waals surface area contributed by atoms with Crippen LogP contribution >= 0.6 is 11.6 Å². The average Bonchev–Trinajstić information content (AvgIpc) is 2.93. The standard InChI is InChI=1S/C16H22ClN5O3/c1-10-9-25-8-5-22(10)13-11-12(19-15(17)20-13)21(2)14(18-11)16(23)3-6-24-7-4-16/h10,23H,3-9H2,1-2H3/t10-/m0/s1. The maximum Gasteiger partial charge on any atom is 0.226 e. The van der Waals surface area contributed by atoms with E-state index in [0.717, 1.165) is 0 Å². The summed E-state index contributed by atoms with van der Waals surface area (Å²) in [6, 6.07) is 0.166. The van der Waals surface area contributed by atoms with Crippen LogP contribution in [0.2, 0.25) is 5.28 Å². The van der Waals surface area contributed by atoms with Gasteiger partial charge < -0.3 is 24.0 Å². The molecule has 2 aromatic rings. The molecule has 2 aliphatic heterocycles. The van der Waals surface area contributed by atoms with Crippen molar-refractivity contribution < 1.29 is 14.6 Å². The first-order valence-corrected chi connectivity index (χ1v) is 8.92.